The number of nitrogens with one attached hydrogen (secondary N) is 2. The molecule has 2 N–H and O–H groups in total. The van der Waals surface area contributed by atoms with Crippen molar-refractivity contribution in [1.82, 2.24) is 5.32 Å². The summed E-state index contributed by atoms with van der Waals surface area (Å²) in [6.07, 6.45) is 0. The zero-order valence-electron chi connectivity index (χ0n) is 12.5. The lowest BCUT2D eigenvalue weighted by Gasteiger charge is -2.10. The van der Waals surface area contributed by atoms with Crippen molar-refractivity contribution in [2.75, 3.05) is 11.9 Å². The molecule has 23 heavy (non-hydrogen) atoms. The standard InChI is InChI=1S/C17H15N3O2S/c1-12-4-2-7-15(8-12)22-11-16(21)20-17(23)19-14-6-3-5-13(9-14)10-18/h2-9H,11H2,1H3,(H2,19,20,21,23). The number of carbonyl (C=O) groups excluding carboxylic acids is 1. The Morgan fingerprint density at radius 2 is 2.04 bits per heavy atom. The van der Waals surface area contributed by atoms with Crippen molar-refractivity contribution >= 4 is 28.9 Å². The van der Waals surface area contributed by atoms with Crippen LogP contribution in [-0.2, 0) is 4.79 Å². The van der Waals surface area contributed by atoms with E-state index in [4.69, 9.17) is 22.2 Å². The predicted molar refractivity (Wildman–Crippen MR) is 92.2 cm³/mol. The summed E-state index contributed by atoms with van der Waals surface area (Å²) in [7, 11) is 0. The Bertz CT molecular complexity index is 768. The fraction of sp³-hybridized carbons (Fsp3) is 0.118. The Morgan fingerprint density at radius 1 is 1.26 bits per heavy atom. The number of ether oxygens (including phenoxy) is 1. The highest BCUT2D eigenvalue weighted by atomic mass is 32.1. The van der Waals surface area contributed by atoms with E-state index in [-0.39, 0.29) is 17.6 Å². The number of anilines is 1. The number of carbonyl (C=O) groups is 1. The Labute approximate surface area is 139 Å². The molecule has 116 valence electrons. The third-order valence-corrected chi connectivity index (χ3v) is 3.07. The molecule has 0 bridgehead atoms. The number of thiocarbonyl (C=S) groups is 1. The van der Waals surface area contributed by atoms with Crippen LogP contribution < -0.4 is 15.4 Å². The van der Waals surface area contributed by atoms with E-state index < -0.39 is 0 Å². The van der Waals surface area contributed by atoms with Crippen molar-refractivity contribution < 1.29 is 9.53 Å². The summed E-state index contributed by atoms with van der Waals surface area (Å²) in [4.78, 5) is 11.8. The lowest BCUT2D eigenvalue weighted by atomic mass is 10.2. The van der Waals surface area contributed by atoms with Gasteiger partial charge in [-0.3, -0.25) is 10.1 Å². The molecule has 5 nitrogen and oxygen atoms in total. The molecule has 0 radical (unpaired) electrons. The zero-order valence-corrected chi connectivity index (χ0v) is 13.3. The van der Waals surface area contributed by atoms with E-state index in [9.17, 15) is 4.79 Å². The number of hydrogen-bond acceptors (Lipinski definition) is 4. The van der Waals surface area contributed by atoms with Gasteiger partial charge in [-0.15, -0.1) is 0 Å². The van der Waals surface area contributed by atoms with Gasteiger partial charge in [0, 0.05) is 5.69 Å². The van der Waals surface area contributed by atoms with E-state index in [1.54, 1.807) is 30.3 Å². The van der Waals surface area contributed by atoms with Crippen LogP contribution >= 0.6 is 12.2 Å². The van der Waals surface area contributed by atoms with Gasteiger partial charge in [-0.05, 0) is 55.0 Å². The highest BCUT2D eigenvalue weighted by Gasteiger charge is 2.06. The number of amides is 1. The maximum absolute atomic E-state index is 11.8. The Kier molecular flexibility index (Phi) is 5.67. The predicted octanol–water partition coefficient (Wildman–Crippen LogP) is 2.76. The first-order valence-corrected chi connectivity index (χ1v) is 7.28. The van der Waals surface area contributed by atoms with Gasteiger partial charge in [-0.25, -0.2) is 0 Å². The van der Waals surface area contributed by atoms with Crippen molar-refractivity contribution in [2.24, 2.45) is 0 Å². The minimum atomic E-state index is -0.361. The summed E-state index contributed by atoms with van der Waals surface area (Å²) in [6.45, 7) is 1.81. The number of nitrogens with zero attached hydrogens (tertiary/aromatic N) is 1. The average Bonchev–Trinajstić information content (AvgIpc) is 2.53. The third kappa shape index (κ3) is 5.41. The van der Waals surface area contributed by atoms with Gasteiger partial charge in [-0.1, -0.05) is 18.2 Å². The van der Waals surface area contributed by atoms with E-state index in [1.807, 2.05) is 31.2 Å². The number of rotatable bonds is 4. The van der Waals surface area contributed by atoms with Crippen LogP contribution in [0.25, 0.3) is 0 Å². The minimum Gasteiger partial charge on any atom is -0.484 e. The fourth-order valence-electron chi connectivity index (χ4n) is 1.85. The van der Waals surface area contributed by atoms with Gasteiger partial charge < -0.3 is 10.1 Å². The molecule has 0 atom stereocenters. The van der Waals surface area contributed by atoms with Gasteiger partial charge in [0.2, 0.25) is 0 Å². The van der Waals surface area contributed by atoms with Gasteiger partial charge in [0.05, 0.1) is 11.6 Å². The second-order valence-electron chi connectivity index (χ2n) is 4.80. The number of aryl methyl sites for hydroxylation is 1. The third-order valence-electron chi connectivity index (χ3n) is 2.86. The molecule has 0 aliphatic carbocycles. The van der Waals surface area contributed by atoms with Crippen LogP contribution in [0, 0.1) is 18.3 Å². The minimum absolute atomic E-state index is 0.135. The van der Waals surface area contributed by atoms with Crippen LogP contribution in [0.3, 0.4) is 0 Å². The zero-order chi connectivity index (χ0) is 16.7. The molecule has 6 heteroatoms. The number of nitriles is 1. The molecule has 0 heterocycles. The number of benzene rings is 2. The highest BCUT2D eigenvalue weighted by molar-refractivity contribution is 7.80. The Balaban J connectivity index is 1.82. The summed E-state index contributed by atoms with van der Waals surface area (Å²) in [6, 6.07) is 16.3. The molecule has 0 saturated heterocycles. The largest absolute Gasteiger partial charge is 0.484 e. The van der Waals surface area contributed by atoms with Crippen molar-refractivity contribution in [3.05, 3.63) is 59.7 Å². The molecule has 0 aromatic heterocycles. The second kappa shape index (κ2) is 7.92. The summed E-state index contributed by atoms with van der Waals surface area (Å²) in [5.74, 6) is 0.265. The molecular weight excluding hydrogens is 310 g/mol. The van der Waals surface area contributed by atoms with Crippen LogP contribution in [0.4, 0.5) is 5.69 Å². The summed E-state index contributed by atoms with van der Waals surface area (Å²) < 4.78 is 5.39. The van der Waals surface area contributed by atoms with Gasteiger partial charge in [0.25, 0.3) is 5.91 Å². The first-order chi connectivity index (χ1) is 11.1. The molecule has 0 fully saturated rings. The maximum atomic E-state index is 11.8. The van der Waals surface area contributed by atoms with E-state index in [1.165, 1.54) is 0 Å². The molecule has 2 aromatic carbocycles. The van der Waals surface area contributed by atoms with Crippen LogP contribution in [0.5, 0.6) is 5.75 Å². The molecule has 0 aliphatic rings. The highest BCUT2D eigenvalue weighted by Crippen LogP contribution is 2.12. The second-order valence-corrected chi connectivity index (χ2v) is 5.21. The van der Waals surface area contributed by atoms with E-state index in [2.05, 4.69) is 10.6 Å². The lowest BCUT2D eigenvalue weighted by Crippen LogP contribution is -2.37. The molecule has 0 aliphatic heterocycles. The fourth-order valence-corrected chi connectivity index (χ4v) is 2.08. The van der Waals surface area contributed by atoms with Crippen LogP contribution in [-0.4, -0.2) is 17.6 Å². The first-order valence-electron chi connectivity index (χ1n) is 6.87. The first kappa shape index (κ1) is 16.5. The molecule has 2 rings (SSSR count). The van der Waals surface area contributed by atoms with Gasteiger partial charge >= 0.3 is 0 Å². The van der Waals surface area contributed by atoms with Crippen molar-refractivity contribution in [1.29, 1.82) is 5.26 Å². The monoisotopic (exact) mass is 325 g/mol. The quantitative estimate of drug-likeness (QED) is 0.846. The molecule has 0 saturated carbocycles. The molecular formula is C17H15N3O2S. The van der Waals surface area contributed by atoms with Gasteiger partial charge in [-0.2, -0.15) is 5.26 Å². The van der Waals surface area contributed by atoms with Crippen LogP contribution in [0.2, 0.25) is 0 Å². The van der Waals surface area contributed by atoms with Gasteiger partial charge in [0.1, 0.15) is 5.75 Å². The summed E-state index contributed by atoms with van der Waals surface area (Å²) in [5.41, 5.74) is 2.19. The smallest absolute Gasteiger partial charge is 0.264 e. The lowest BCUT2D eigenvalue weighted by molar-refractivity contribution is -0.121. The number of hydrogen-bond donors (Lipinski definition) is 2. The topological polar surface area (TPSA) is 74.2 Å². The van der Waals surface area contributed by atoms with E-state index in [0.29, 0.717) is 17.0 Å². The maximum Gasteiger partial charge on any atom is 0.264 e. The molecule has 1 amide bonds. The van der Waals surface area contributed by atoms with Crippen LogP contribution in [0.15, 0.2) is 48.5 Å². The summed E-state index contributed by atoms with van der Waals surface area (Å²) in [5, 5.41) is 14.4. The average molecular weight is 325 g/mol. The van der Waals surface area contributed by atoms with Gasteiger partial charge in [0.15, 0.2) is 11.7 Å². The van der Waals surface area contributed by atoms with E-state index in [0.717, 1.165) is 5.56 Å². The van der Waals surface area contributed by atoms with Crippen LogP contribution in [0.1, 0.15) is 11.1 Å². The Hall–Kier alpha value is -2.91. The SMILES string of the molecule is Cc1cccc(OCC(=O)NC(=S)Nc2cccc(C#N)c2)c1. The van der Waals surface area contributed by atoms with Crippen molar-refractivity contribution in [2.45, 2.75) is 6.92 Å². The Morgan fingerprint density at radius 3 is 2.78 bits per heavy atom. The normalized spacial score (nSPS) is 9.57. The molecule has 2 aromatic rings. The molecule has 0 unspecified atom stereocenters. The molecule has 0 spiro atoms. The van der Waals surface area contributed by atoms with E-state index >= 15 is 0 Å². The van der Waals surface area contributed by atoms with Crippen molar-refractivity contribution in [3.63, 3.8) is 0 Å². The van der Waals surface area contributed by atoms with Crippen molar-refractivity contribution in [3.8, 4) is 11.8 Å². The summed E-state index contributed by atoms with van der Waals surface area (Å²) >= 11 is 5.06.